The summed E-state index contributed by atoms with van der Waals surface area (Å²) < 4.78 is 0. The van der Waals surface area contributed by atoms with Gasteiger partial charge in [-0.05, 0) is 69.8 Å². The van der Waals surface area contributed by atoms with Crippen molar-refractivity contribution in [1.82, 2.24) is 24.8 Å². The number of benzene rings is 2. The first-order chi connectivity index (χ1) is 17.5. The van der Waals surface area contributed by atoms with Gasteiger partial charge in [0.1, 0.15) is 0 Å². The van der Waals surface area contributed by atoms with E-state index in [4.69, 9.17) is 0 Å². The standard InChI is InChI=1S/C29H30N6O/c1-18-5-4-6-22-23(17-31-27(18)22)25-15-19(9-12-30-25)28(36)29-32-24-8-7-21(16-26(24)33-29)35-13-10-20(11-14-35)34(2)3/h4-9,12,15-17,20,31H,10-11,13-14H2,1-3H3,(H,32,33). The molecule has 1 aliphatic heterocycles. The largest absolute Gasteiger partial charge is 0.371 e. The smallest absolute Gasteiger partial charge is 0.228 e. The molecule has 7 heteroatoms. The molecule has 0 bridgehead atoms. The molecule has 36 heavy (non-hydrogen) atoms. The van der Waals surface area contributed by atoms with E-state index in [0.29, 0.717) is 17.4 Å². The monoisotopic (exact) mass is 478 g/mol. The molecule has 1 fully saturated rings. The highest BCUT2D eigenvalue weighted by molar-refractivity contribution is 6.09. The third-order valence-corrected chi connectivity index (χ3v) is 7.46. The van der Waals surface area contributed by atoms with Crippen LogP contribution in [0.5, 0.6) is 0 Å². The number of aryl methyl sites for hydroxylation is 1. The predicted octanol–water partition coefficient (Wildman–Crippen LogP) is 5.18. The van der Waals surface area contributed by atoms with Gasteiger partial charge in [-0.2, -0.15) is 0 Å². The van der Waals surface area contributed by atoms with Gasteiger partial charge < -0.3 is 19.8 Å². The van der Waals surface area contributed by atoms with Gasteiger partial charge >= 0.3 is 0 Å². The number of piperidine rings is 1. The number of aromatic amines is 2. The average molecular weight is 479 g/mol. The Bertz CT molecular complexity index is 1570. The Morgan fingerprint density at radius 1 is 1.08 bits per heavy atom. The SMILES string of the molecule is Cc1cccc2c(-c3cc(C(=O)c4nc5ccc(N6CCC(N(C)C)CC6)cc5[nH]4)ccn3)c[nH]c12. The summed E-state index contributed by atoms with van der Waals surface area (Å²) in [5, 5.41) is 1.10. The molecule has 0 saturated carbocycles. The Labute approximate surface area is 210 Å². The van der Waals surface area contributed by atoms with Gasteiger partial charge in [-0.15, -0.1) is 0 Å². The molecule has 2 N–H and O–H groups in total. The lowest BCUT2D eigenvalue weighted by Gasteiger charge is -2.36. The topological polar surface area (TPSA) is 80.9 Å². The van der Waals surface area contributed by atoms with E-state index in [-0.39, 0.29) is 5.78 Å². The van der Waals surface area contributed by atoms with Gasteiger partial charge in [0, 0.05) is 59.2 Å². The number of ketones is 1. The molecule has 0 atom stereocenters. The Kier molecular flexibility index (Phi) is 5.57. The summed E-state index contributed by atoms with van der Waals surface area (Å²) in [6.45, 7) is 4.14. The molecule has 182 valence electrons. The van der Waals surface area contributed by atoms with Gasteiger partial charge in [0.25, 0.3) is 0 Å². The molecule has 1 aliphatic rings. The molecule has 0 amide bonds. The summed E-state index contributed by atoms with van der Waals surface area (Å²) in [5.41, 5.74) is 7.42. The van der Waals surface area contributed by atoms with Gasteiger partial charge in [-0.25, -0.2) is 4.98 Å². The molecule has 5 aromatic rings. The second-order valence-electron chi connectivity index (χ2n) is 9.93. The summed E-state index contributed by atoms with van der Waals surface area (Å²) in [7, 11) is 4.31. The number of carbonyl (C=O) groups is 1. The number of hydrogen-bond donors (Lipinski definition) is 2. The van der Waals surface area contributed by atoms with Gasteiger partial charge in [-0.1, -0.05) is 18.2 Å². The number of para-hydroxylation sites is 1. The zero-order valence-corrected chi connectivity index (χ0v) is 20.9. The number of fused-ring (bicyclic) bond motifs is 2. The van der Waals surface area contributed by atoms with Crippen LogP contribution < -0.4 is 4.90 Å². The number of hydrogen-bond acceptors (Lipinski definition) is 5. The van der Waals surface area contributed by atoms with Crippen LogP contribution in [-0.2, 0) is 0 Å². The number of rotatable bonds is 5. The first-order valence-electron chi connectivity index (χ1n) is 12.5. The number of nitrogens with zero attached hydrogens (tertiary/aromatic N) is 4. The van der Waals surface area contributed by atoms with Crippen LogP contribution in [0.15, 0.2) is 60.9 Å². The first kappa shape index (κ1) is 22.5. The van der Waals surface area contributed by atoms with E-state index >= 15 is 0 Å². The van der Waals surface area contributed by atoms with Crippen LogP contribution in [0.4, 0.5) is 5.69 Å². The number of nitrogens with one attached hydrogen (secondary N) is 2. The van der Waals surface area contributed by atoms with E-state index in [2.05, 4.69) is 75.0 Å². The highest BCUT2D eigenvalue weighted by Crippen LogP contribution is 2.30. The number of aromatic nitrogens is 4. The molecule has 3 aromatic heterocycles. The Morgan fingerprint density at radius 3 is 2.72 bits per heavy atom. The van der Waals surface area contributed by atoms with E-state index in [1.807, 2.05) is 24.4 Å². The van der Waals surface area contributed by atoms with Crippen LogP contribution in [0, 0.1) is 6.92 Å². The third-order valence-electron chi connectivity index (χ3n) is 7.46. The van der Waals surface area contributed by atoms with E-state index in [1.54, 1.807) is 12.3 Å². The number of anilines is 1. The normalized spacial score (nSPS) is 14.8. The highest BCUT2D eigenvalue weighted by atomic mass is 16.1. The van der Waals surface area contributed by atoms with Crippen molar-refractivity contribution in [3.05, 3.63) is 77.9 Å². The molecular formula is C29H30N6O. The maximum Gasteiger partial charge on any atom is 0.228 e. The molecule has 4 heterocycles. The third kappa shape index (κ3) is 3.95. The number of H-pyrrole nitrogens is 2. The van der Waals surface area contributed by atoms with Crippen LogP contribution in [0.2, 0.25) is 0 Å². The fourth-order valence-corrected chi connectivity index (χ4v) is 5.32. The maximum absolute atomic E-state index is 13.4. The minimum Gasteiger partial charge on any atom is -0.371 e. The Morgan fingerprint density at radius 2 is 1.92 bits per heavy atom. The minimum atomic E-state index is -0.140. The average Bonchev–Trinajstić information content (AvgIpc) is 3.53. The van der Waals surface area contributed by atoms with Crippen molar-refractivity contribution < 1.29 is 4.79 Å². The molecule has 1 saturated heterocycles. The quantitative estimate of drug-likeness (QED) is 0.341. The number of pyridine rings is 1. The molecule has 0 spiro atoms. The zero-order valence-electron chi connectivity index (χ0n) is 20.9. The van der Waals surface area contributed by atoms with Crippen LogP contribution in [0.3, 0.4) is 0 Å². The molecule has 7 nitrogen and oxygen atoms in total. The first-order valence-corrected chi connectivity index (χ1v) is 12.5. The summed E-state index contributed by atoms with van der Waals surface area (Å²) in [5.74, 6) is 0.208. The van der Waals surface area contributed by atoms with E-state index in [0.717, 1.165) is 59.1 Å². The summed E-state index contributed by atoms with van der Waals surface area (Å²) >= 11 is 0. The number of imidazole rings is 1. The van der Waals surface area contributed by atoms with E-state index in [9.17, 15) is 4.79 Å². The van der Waals surface area contributed by atoms with Gasteiger partial charge in [0.05, 0.1) is 16.7 Å². The second-order valence-corrected chi connectivity index (χ2v) is 9.93. The zero-order chi connectivity index (χ0) is 24.8. The molecule has 0 aliphatic carbocycles. The van der Waals surface area contributed by atoms with E-state index in [1.165, 1.54) is 11.3 Å². The van der Waals surface area contributed by atoms with Crippen LogP contribution >= 0.6 is 0 Å². The van der Waals surface area contributed by atoms with Gasteiger partial charge in [-0.3, -0.25) is 9.78 Å². The summed E-state index contributed by atoms with van der Waals surface area (Å²) in [6.07, 6.45) is 5.95. The van der Waals surface area contributed by atoms with Crippen molar-refractivity contribution in [1.29, 1.82) is 0 Å². The Hall–Kier alpha value is -3.97. The highest BCUT2D eigenvalue weighted by Gasteiger charge is 2.22. The molecule has 6 rings (SSSR count). The van der Waals surface area contributed by atoms with Crippen molar-refractivity contribution >= 4 is 33.4 Å². The predicted molar refractivity (Wildman–Crippen MR) is 145 cm³/mol. The lowest BCUT2D eigenvalue weighted by molar-refractivity contribution is 0.103. The Balaban J connectivity index is 1.27. The molecule has 0 unspecified atom stereocenters. The van der Waals surface area contributed by atoms with Gasteiger partial charge in [0.15, 0.2) is 5.82 Å². The minimum absolute atomic E-state index is 0.140. The molecule has 2 aromatic carbocycles. The number of carbonyl (C=O) groups excluding carboxylic acids is 1. The van der Waals surface area contributed by atoms with Crippen molar-refractivity contribution in [2.75, 3.05) is 32.1 Å². The van der Waals surface area contributed by atoms with Crippen molar-refractivity contribution in [3.8, 4) is 11.3 Å². The van der Waals surface area contributed by atoms with E-state index < -0.39 is 0 Å². The van der Waals surface area contributed by atoms with Crippen molar-refractivity contribution in [2.24, 2.45) is 0 Å². The van der Waals surface area contributed by atoms with Crippen molar-refractivity contribution in [2.45, 2.75) is 25.8 Å². The lowest BCUT2D eigenvalue weighted by Crippen LogP contribution is -2.41. The van der Waals surface area contributed by atoms with Crippen LogP contribution in [-0.4, -0.2) is 63.8 Å². The van der Waals surface area contributed by atoms with Crippen LogP contribution in [0.1, 0.15) is 34.6 Å². The fourth-order valence-electron chi connectivity index (χ4n) is 5.32. The molecular weight excluding hydrogens is 448 g/mol. The summed E-state index contributed by atoms with van der Waals surface area (Å²) in [4.78, 5) is 33.9. The fraction of sp³-hybridized carbons (Fsp3) is 0.276. The summed E-state index contributed by atoms with van der Waals surface area (Å²) in [6, 6.07) is 16.6. The van der Waals surface area contributed by atoms with Crippen LogP contribution in [0.25, 0.3) is 33.2 Å². The lowest BCUT2D eigenvalue weighted by atomic mass is 10.0. The van der Waals surface area contributed by atoms with Gasteiger partial charge in [0.2, 0.25) is 5.78 Å². The van der Waals surface area contributed by atoms with Crippen molar-refractivity contribution in [3.63, 3.8) is 0 Å². The molecule has 0 radical (unpaired) electrons. The maximum atomic E-state index is 13.4. The second kappa shape index (κ2) is 8.91.